The number of hydrogen-bond acceptors (Lipinski definition) is 5. The van der Waals surface area contributed by atoms with Crippen molar-refractivity contribution in [1.29, 1.82) is 0 Å². The number of hydrogen-bond donors (Lipinski definition) is 6. The molecule has 0 saturated carbocycles. The Morgan fingerprint density at radius 1 is 0.775 bits per heavy atom. The predicted molar refractivity (Wildman–Crippen MR) is 153 cm³/mol. The van der Waals surface area contributed by atoms with Gasteiger partial charge in [-0.05, 0) is 35.4 Å². The van der Waals surface area contributed by atoms with Gasteiger partial charge in [0.05, 0.1) is 6.04 Å². The van der Waals surface area contributed by atoms with Crippen LogP contribution in [0.2, 0.25) is 0 Å². The van der Waals surface area contributed by atoms with Crippen LogP contribution in [0.15, 0.2) is 60.8 Å². The molecule has 3 amide bonds. The third-order valence-electron chi connectivity index (χ3n) is 6.84. The fourth-order valence-electron chi connectivity index (χ4n) is 4.51. The van der Waals surface area contributed by atoms with Crippen LogP contribution in [-0.2, 0) is 32.0 Å². The molecule has 1 aromatic heterocycles. The van der Waals surface area contributed by atoms with E-state index in [-0.39, 0.29) is 24.7 Å². The smallest absolute Gasteiger partial charge is 0.326 e. The van der Waals surface area contributed by atoms with E-state index in [0.717, 1.165) is 22.0 Å². The molecule has 0 aliphatic carbocycles. The first-order valence-corrected chi connectivity index (χ1v) is 13.5. The number of aromatic amines is 1. The van der Waals surface area contributed by atoms with Gasteiger partial charge < -0.3 is 31.8 Å². The molecule has 10 nitrogen and oxygen atoms in total. The molecule has 4 unspecified atom stereocenters. The summed E-state index contributed by atoms with van der Waals surface area (Å²) < 4.78 is 0. The van der Waals surface area contributed by atoms with Gasteiger partial charge in [0.1, 0.15) is 18.1 Å². The van der Waals surface area contributed by atoms with E-state index < -0.39 is 47.9 Å². The van der Waals surface area contributed by atoms with Gasteiger partial charge in [0.25, 0.3) is 0 Å². The highest BCUT2D eigenvalue weighted by Gasteiger charge is 2.33. The minimum atomic E-state index is -1.16. The first-order valence-electron chi connectivity index (χ1n) is 13.5. The molecule has 0 aliphatic heterocycles. The summed E-state index contributed by atoms with van der Waals surface area (Å²) >= 11 is 0. The van der Waals surface area contributed by atoms with E-state index in [1.165, 1.54) is 0 Å². The van der Waals surface area contributed by atoms with Crippen LogP contribution in [0.25, 0.3) is 10.9 Å². The van der Waals surface area contributed by atoms with Gasteiger partial charge >= 0.3 is 5.97 Å². The SMILES string of the molecule is CC(C)C(NC(=O)C(NC(=O)C(Cc1c[nH]c2ccccc12)NC(=O)C(N)Cc1ccccc1)C(C)C)C(=O)O. The van der Waals surface area contributed by atoms with Gasteiger partial charge in [0.2, 0.25) is 17.7 Å². The average molecular weight is 550 g/mol. The van der Waals surface area contributed by atoms with E-state index in [2.05, 4.69) is 20.9 Å². The van der Waals surface area contributed by atoms with Crippen LogP contribution < -0.4 is 21.7 Å². The second kappa shape index (κ2) is 13.7. The van der Waals surface area contributed by atoms with E-state index in [9.17, 15) is 24.3 Å². The second-order valence-corrected chi connectivity index (χ2v) is 10.7. The van der Waals surface area contributed by atoms with Gasteiger partial charge in [-0.2, -0.15) is 0 Å². The number of carbonyl (C=O) groups is 4. The topological polar surface area (TPSA) is 166 Å². The minimum Gasteiger partial charge on any atom is -0.480 e. The van der Waals surface area contributed by atoms with Crippen molar-refractivity contribution in [3.63, 3.8) is 0 Å². The average Bonchev–Trinajstić information content (AvgIpc) is 3.32. The third-order valence-corrected chi connectivity index (χ3v) is 6.84. The highest BCUT2D eigenvalue weighted by atomic mass is 16.4. The summed E-state index contributed by atoms with van der Waals surface area (Å²) in [5.41, 5.74) is 8.78. The molecule has 7 N–H and O–H groups in total. The number of amides is 3. The van der Waals surface area contributed by atoms with Gasteiger partial charge in [0.15, 0.2) is 0 Å². The van der Waals surface area contributed by atoms with Gasteiger partial charge in [-0.25, -0.2) is 4.79 Å². The molecule has 0 radical (unpaired) electrons. The number of nitrogens with two attached hydrogens (primary N) is 1. The number of nitrogens with one attached hydrogen (secondary N) is 4. The first kappa shape index (κ1) is 30.4. The van der Waals surface area contributed by atoms with Crippen LogP contribution >= 0.6 is 0 Å². The van der Waals surface area contributed by atoms with Gasteiger partial charge in [-0.15, -0.1) is 0 Å². The Morgan fingerprint density at radius 2 is 1.38 bits per heavy atom. The van der Waals surface area contributed by atoms with E-state index in [4.69, 9.17) is 5.73 Å². The summed E-state index contributed by atoms with van der Waals surface area (Å²) in [5.74, 6) is -3.55. The van der Waals surface area contributed by atoms with E-state index in [1.54, 1.807) is 33.9 Å². The standard InChI is InChI=1S/C30H39N5O5/c1-17(2)25(29(38)35-26(18(3)4)30(39)40)34-28(37)24(15-20-16-32-23-13-9-8-12-21(20)23)33-27(36)22(31)14-19-10-6-5-7-11-19/h5-13,16-18,22,24-26,32H,14-15,31H2,1-4H3,(H,33,36)(H,34,37)(H,35,38)(H,39,40). The van der Waals surface area contributed by atoms with Crippen molar-refractivity contribution < 1.29 is 24.3 Å². The molecule has 10 heteroatoms. The molecule has 0 aliphatic rings. The zero-order valence-electron chi connectivity index (χ0n) is 23.3. The second-order valence-electron chi connectivity index (χ2n) is 10.7. The molecule has 4 atom stereocenters. The van der Waals surface area contributed by atoms with Gasteiger partial charge in [-0.3, -0.25) is 14.4 Å². The highest BCUT2D eigenvalue weighted by Crippen LogP contribution is 2.19. The van der Waals surface area contributed by atoms with Crippen molar-refractivity contribution in [2.75, 3.05) is 0 Å². The predicted octanol–water partition coefficient (Wildman–Crippen LogP) is 2.13. The number of aliphatic carboxylic acids is 1. The van der Waals surface area contributed by atoms with Crippen LogP contribution in [0.5, 0.6) is 0 Å². The number of aromatic nitrogens is 1. The Kier molecular flexibility index (Phi) is 10.4. The highest BCUT2D eigenvalue weighted by molar-refractivity contribution is 5.95. The molecule has 0 spiro atoms. The minimum absolute atomic E-state index is 0.149. The largest absolute Gasteiger partial charge is 0.480 e. The number of carboxylic acid groups (broad SMARTS) is 1. The molecule has 0 bridgehead atoms. The summed E-state index contributed by atoms with van der Waals surface area (Å²) in [7, 11) is 0. The molecule has 2 aromatic carbocycles. The van der Waals surface area contributed by atoms with Crippen LogP contribution in [0.4, 0.5) is 0 Å². The lowest BCUT2D eigenvalue weighted by Gasteiger charge is -2.28. The lowest BCUT2D eigenvalue weighted by atomic mass is 9.98. The van der Waals surface area contributed by atoms with Crippen molar-refractivity contribution in [1.82, 2.24) is 20.9 Å². The van der Waals surface area contributed by atoms with Gasteiger partial charge in [-0.1, -0.05) is 76.2 Å². The normalized spacial score (nSPS) is 14.4. The maximum Gasteiger partial charge on any atom is 0.326 e. The Bertz CT molecular complexity index is 1320. The molecule has 0 fully saturated rings. The number of para-hydroxylation sites is 1. The summed E-state index contributed by atoms with van der Waals surface area (Å²) in [6.07, 6.45) is 2.22. The number of carboxylic acids is 1. The number of carbonyl (C=O) groups excluding carboxylic acids is 3. The molecule has 214 valence electrons. The van der Waals surface area contributed by atoms with E-state index >= 15 is 0 Å². The number of fused-ring (bicyclic) bond motifs is 1. The van der Waals surface area contributed by atoms with E-state index in [0.29, 0.717) is 0 Å². The number of rotatable bonds is 13. The Hall–Kier alpha value is -4.18. The van der Waals surface area contributed by atoms with Crippen molar-refractivity contribution in [2.24, 2.45) is 17.6 Å². The zero-order valence-corrected chi connectivity index (χ0v) is 23.3. The Morgan fingerprint density at radius 3 is 2.00 bits per heavy atom. The summed E-state index contributed by atoms with van der Waals surface area (Å²) in [6, 6.07) is 12.9. The molecule has 40 heavy (non-hydrogen) atoms. The molecule has 3 aromatic rings. The monoisotopic (exact) mass is 549 g/mol. The van der Waals surface area contributed by atoms with Crippen molar-refractivity contribution in [3.05, 3.63) is 71.9 Å². The third kappa shape index (κ3) is 7.92. The van der Waals surface area contributed by atoms with Crippen LogP contribution in [-0.4, -0.2) is 57.9 Å². The number of H-pyrrole nitrogens is 1. The maximum atomic E-state index is 13.6. The lowest BCUT2D eigenvalue weighted by molar-refractivity contribution is -0.143. The Labute approximate surface area is 234 Å². The van der Waals surface area contributed by atoms with Crippen LogP contribution in [0, 0.1) is 11.8 Å². The summed E-state index contributed by atoms with van der Waals surface area (Å²) in [4.78, 5) is 54.7. The molecular weight excluding hydrogens is 510 g/mol. The van der Waals surface area contributed by atoms with Crippen molar-refractivity contribution in [3.8, 4) is 0 Å². The van der Waals surface area contributed by atoms with Gasteiger partial charge in [0, 0.05) is 23.5 Å². The first-order chi connectivity index (χ1) is 19.0. The zero-order chi connectivity index (χ0) is 29.4. The lowest BCUT2D eigenvalue weighted by Crippen LogP contribution is -2.59. The summed E-state index contributed by atoms with van der Waals surface area (Å²) in [5, 5.41) is 18.5. The van der Waals surface area contributed by atoms with Crippen molar-refractivity contribution in [2.45, 2.75) is 64.7 Å². The molecule has 1 heterocycles. The quantitative estimate of drug-likeness (QED) is 0.191. The number of benzene rings is 2. The fraction of sp³-hybridized carbons (Fsp3) is 0.400. The van der Waals surface area contributed by atoms with Crippen LogP contribution in [0.3, 0.4) is 0 Å². The molecule has 0 saturated heterocycles. The molecule has 3 rings (SSSR count). The van der Waals surface area contributed by atoms with Crippen LogP contribution in [0.1, 0.15) is 38.8 Å². The van der Waals surface area contributed by atoms with Crippen molar-refractivity contribution >= 4 is 34.6 Å². The maximum absolute atomic E-state index is 13.6. The molecular formula is C30H39N5O5. The fourth-order valence-corrected chi connectivity index (χ4v) is 4.51. The van der Waals surface area contributed by atoms with E-state index in [1.807, 2.05) is 54.6 Å². The summed E-state index contributed by atoms with van der Waals surface area (Å²) in [6.45, 7) is 6.87. The Balaban J connectivity index is 1.82.